The second-order valence-electron chi connectivity index (χ2n) is 1.84. The van der Waals surface area contributed by atoms with E-state index in [9.17, 15) is 0 Å². The van der Waals surface area contributed by atoms with Crippen LogP contribution in [0.2, 0.25) is 0 Å². The molecule has 1 aromatic heterocycles. The van der Waals surface area contributed by atoms with Crippen molar-refractivity contribution in [2.45, 2.75) is 6.92 Å². The number of hydrogen-bond acceptors (Lipinski definition) is 4. The number of aromatic nitrogens is 4. The summed E-state index contributed by atoms with van der Waals surface area (Å²) < 4.78 is 0. The maximum absolute atomic E-state index is 3.57. The molecular weight excluding hydrogens is 154 g/mol. The van der Waals surface area contributed by atoms with E-state index in [1.807, 2.05) is 19.3 Å². The van der Waals surface area contributed by atoms with Crippen LogP contribution in [-0.4, -0.2) is 27.7 Å². The first-order valence-corrected chi connectivity index (χ1v) is 3.46. The second-order valence-corrected chi connectivity index (χ2v) is 1.84. The van der Waals surface area contributed by atoms with Gasteiger partial charge >= 0.3 is 0 Å². The van der Waals surface area contributed by atoms with Crippen LogP contribution in [-0.2, 0) is 0 Å². The van der Waals surface area contributed by atoms with Gasteiger partial charge in [-0.25, -0.2) is 0 Å². The minimum Gasteiger partial charge on any atom is -0.394 e. The topological polar surface area (TPSA) is 66.5 Å². The summed E-state index contributed by atoms with van der Waals surface area (Å²) in [5.74, 6) is 0.676. The summed E-state index contributed by atoms with van der Waals surface area (Å²) in [5, 5.41) is 15.5. The monoisotopic (exact) mass is 167 g/mol. The van der Waals surface area contributed by atoms with E-state index in [1.165, 1.54) is 0 Å². The molecule has 0 spiro atoms. The molecule has 0 bridgehead atoms. The molecule has 0 aromatic carbocycles. The van der Waals surface area contributed by atoms with Gasteiger partial charge in [0, 0.05) is 7.05 Å². The zero-order chi connectivity index (χ0) is 9.23. The van der Waals surface area contributed by atoms with Crippen molar-refractivity contribution in [1.29, 1.82) is 0 Å². The van der Waals surface area contributed by atoms with Gasteiger partial charge in [0.15, 0.2) is 5.82 Å². The molecule has 1 heterocycles. The van der Waals surface area contributed by atoms with Gasteiger partial charge in [-0.1, -0.05) is 17.9 Å². The van der Waals surface area contributed by atoms with Crippen LogP contribution in [0.5, 0.6) is 0 Å². The normalized spacial score (nSPS) is 8.83. The van der Waals surface area contributed by atoms with E-state index in [4.69, 9.17) is 0 Å². The Bertz CT molecular complexity index is 214. The number of aryl methyl sites for hydroxylation is 1. The van der Waals surface area contributed by atoms with E-state index < -0.39 is 0 Å². The molecule has 1 aromatic rings. The molecule has 0 amide bonds. The molecule has 0 unspecified atom stereocenters. The first-order valence-electron chi connectivity index (χ1n) is 3.46. The predicted octanol–water partition coefficient (Wildman–Crippen LogP) is 0.414. The van der Waals surface area contributed by atoms with Gasteiger partial charge in [-0.3, -0.25) is 0 Å². The van der Waals surface area contributed by atoms with Crippen LogP contribution in [0.3, 0.4) is 0 Å². The highest BCUT2D eigenvalue weighted by molar-refractivity contribution is 4.94. The summed E-state index contributed by atoms with van der Waals surface area (Å²) in [4.78, 5) is 0. The van der Waals surface area contributed by atoms with Crippen molar-refractivity contribution in [3.8, 4) is 0 Å². The van der Waals surface area contributed by atoms with Gasteiger partial charge in [0.2, 0.25) is 0 Å². The molecule has 0 saturated heterocycles. The van der Waals surface area contributed by atoms with Crippen LogP contribution in [0.4, 0.5) is 0 Å². The number of nitrogens with one attached hydrogen (secondary N) is 2. The highest BCUT2D eigenvalue weighted by Crippen LogP contribution is 1.69. The molecule has 5 nitrogen and oxygen atoms in total. The lowest BCUT2D eigenvalue weighted by Crippen LogP contribution is -1.89. The maximum Gasteiger partial charge on any atom is 0.171 e. The van der Waals surface area contributed by atoms with Gasteiger partial charge < -0.3 is 5.32 Å². The SMILES string of the molecule is C=C/C=C\NC.Cc1nn[nH]n1. The van der Waals surface area contributed by atoms with Gasteiger partial charge in [-0.15, -0.1) is 10.2 Å². The van der Waals surface area contributed by atoms with Crippen LogP contribution in [0.1, 0.15) is 5.82 Å². The van der Waals surface area contributed by atoms with Crippen molar-refractivity contribution < 1.29 is 0 Å². The molecule has 0 fully saturated rings. The largest absolute Gasteiger partial charge is 0.394 e. The summed E-state index contributed by atoms with van der Waals surface area (Å²) >= 11 is 0. The molecule has 12 heavy (non-hydrogen) atoms. The molecule has 5 heteroatoms. The molecule has 66 valence electrons. The summed E-state index contributed by atoms with van der Waals surface area (Å²) in [7, 11) is 1.85. The average Bonchev–Trinajstić information content (AvgIpc) is 2.53. The van der Waals surface area contributed by atoms with Crippen molar-refractivity contribution >= 4 is 0 Å². The molecular formula is C7H13N5. The third-order valence-corrected chi connectivity index (χ3v) is 0.850. The van der Waals surface area contributed by atoms with Crippen LogP contribution >= 0.6 is 0 Å². The van der Waals surface area contributed by atoms with E-state index in [2.05, 4.69) is 32.5 Å². The first kappa shape index (κ1) is 10.3. The van der Waals surface area contributed by atoms with Crippen molar-refractivity contribution in [2.24, 2.45) is 0 Å². The van der Waals surface area contributed by atoms with E-state index in [1.54, 1.807) is 13.0 Å². The lowest BCUT2D eigenvalue weighted by molar-refractivity contribution is 0.881. The molecule has 0 aliphatic rings. The quantitative estimate of drug-likeness (QED) is 0.626. The minimum atomic E-state index is 0.676. The average molecular weight is 167 g/mol. The van der Waals surface area contributed by atoms with Gasteiger partial charge in [0.1, 0.15) is 0 Å². The number of nitrogens with zero attached hydrogens (tertiary/aromatic N) is 3. The standard InChI is InChI=1S/C5H9N.C2H4N4/c1-3-4-5-6-2;1-2-3-5-6-4-2/h3-6H,1H2,2H3;1H3,(H,3,4,5,6)/b5-4-;. The van der Waals surface area contributed by atoms with Crippen molar-refractivity contribution in [1.82, 2.24) is 25.9 Å². The Hall–Kier alpha value is -1.65. The van der Waals surface area contributed by atoms with Gasteiger partial charge in [-0.05, 0) is 19.2 Å². The highest BCUT2D eigenvalue weighted by Gasteiger charge is 1.78. The Balaban J connectivity index is 0.000000202. The lowest BCUT2D eigenvalue weighted by Gasteiger charge is -1.76. The summed E-state index contributed by atoms with van der Waals surface area (Å²) in [6, 6.07) is 0. The number of tetrazole rings is 1. The fraction of sp³-hybridized carbons (Fsp3) is 0.286. The van der Waals surface area contributed by atoms with E-state index >= 15 is 0 Å². The molecule has 0 atom stereocenters. The Morgan fingerprint density at radius 3 is 2.50 bits per heavy atom. The number of aromatic amines is 1. The fourth-order valence-corrected chi connectivity index (χ4v) is 0.376. The molecule has 1 rings (SSSR count). The molecule has 0 radical (unpaired) electrons. The minimum absolute atomic E-state index is 0.676. The lowest BCUT2D eigenvalue weighted by atomic mass is 10.6. The first-order chi connectivity index (χ1) is 5.81. The summed E-state index contributed by atoms with van der Waals surface area (Å²) in [5.41, 5.74) is 0. The zero-order valence-corrected chi connectivity index (χ0v) is 7.28. The summed E-state index contributed by atoms with van der Waals surface area (Å²) in [6.07, 6.45) is 5.36. The van der Waals surface area contributed by atoms with E-state index in [-0.39, 0.29) is 0 Å². The second kappa shape index (κ2) is 7.46. The number of rotatable bonds is 2. The van der Waals surface area contributed by atoms with Gasteiger partial charge in [-0.2, -0.15) is 5.21 Å². The Morgan fingerprint density at radius 1 is 1.58 bits per heavy atom. The summed E-state index contributed by atoms with van der Waals surface area (Å²) in [6.45, 7) is 5.24. The Morgan fingerprint density at radius 2 is 2.33 bits per heavy atom. The van der Waals surface area contributed by atoms with E-state index in [0.29, 0.717) is 5.82 Å². The van der Waals surface area contributed by atoms with Gasteiger partial charge in [0.25, 0.3) is 0 Å². The molecule has 0 aliphatic heterocycles. The van der Waals surface area contributed by atoms with Crippen molar-refractivity contribution in [3.05, 3.63) is 30.8 Å². The predicted molar refractivity (Wildman–Crippen MR) is 47.3 cm³/mol. The van der Waals surface area contributed by atoms with E-state index in [0.717, 1.165) is 0 Å². The maximum atomic E-state index is 3.57. The van der Waals surface area contributed by atoms with Crippen LogP contribution < -0.4 is 5.32 Å². The van der Waals surface area contributed by atoms with Crippen LogP contribution in [0, 0.1) is 6.92 Å². The van der Waals surface area contributed by atoms with Gasteiger partial charge in [0.05, 0.1) is 0 Å². The zero-order valence-electron chi connectivity index (χ0n) is 7.28. The number of allylic oxidation sites excluding steroid dienone is 2. The fourth-order valence-electron chi connectivity index (χ4n) is 0.376. The van der Waals surface area contributed by atoms with Crippen LogP contribution in [0.25, 0.3) is 0 Å². The number of H-pyrrole nitrogens is 1. The molecule has 0 aliphatic carbocycles. The third kappa shape index (κ3) is 6.47. The third-order valence-electron chi connectivity index (χ3n) is 0.850. The van der Waals surface area contributed by atoms with Crippen molar-refractivity contribution in [2.75, 3.05) is 7.05 Å². The highest BCUT2D eigenvalue weighted by atomic mass is 15.5. The number of hydrogen-bond donors (Lipinski definition) is 2. The smallest absolute Gasteiger partial charge is 0.171 e. The molecule has 0 saturated carbocycles. The molecule has 2 N–H and O–H groups in total. The Kier molecular flexibility index (Phi) is 6.43. The van der Waals surface area contributed by atoms with Crippen molar-refractivity contribution in [3.63, 3.8) is 0 Å². The van der Waals surface area contributed by atoms with Crippen LogP contribution in [0.15, 0.2) is 24.9 Å². The Labute approximate surface area is 71.6 Å².